The van der Waals surface area contributed by atoms with Crippen molar-refractivity contribution in [2.45, 2.75) is 12.3 Å². The molecule has 1 aromatic rings. The third kappa shape index (κ3) is 2.90. The first-order valence-corrected chi connectivity index (χ1v) is 4.31. The summed E-state index contributed by atoms with van der Waals surface area (Å²) in [7, 11) is 1.50. The van der Waals surface area contributed by atoms with Crippen molar-refractivity contribution in [3.63, 3.8) is 0 Å². The van der Waals surface area contributed by atoms with E-state index in [1.807, 2.05) is 0 Å². The maximum absolute atomic E-state index is 13.0. The molecule has 0 atom stereocenters. The van der Waals surface area contributed by atoms with E-state index in [0.29, 0.717) is 11.3 Å². The van der Waals surface area contributed by atoms with Gasteiger partial charge in [0.25, 0.3) is 0 Å². The average Bonchev–Trinajstić information content (AvgIpc) is 2.18. The summed E-state index contributed by atoms with van der Waals surface area (Å²) in [6, 6.07) is 6.22. The second-order valence-electron chi connectivity index (χ2n) is 3.14. The number of ether oxygens (including phenoxy) is 1. The van der Waals surface area contributed by atoms with E-state index in [9.17, 15) is 8.78 Å². The summed E-state index contributed by atoms with van der Waals surface area (Å²) >= 11 is 0. The Morgan fingerprint density at radius 3 is 2.33 bits per heavy atom. The van der Waals surface area contributed by atoms with Crippen LogP contribution < -0.4 is 10.5 Å². The lowest BCUT2D eigenvalue weighted by atomic mass is 10.1. The number of nitrogens with one attached hydrogen (secondary N) is 1. The zero-order valence-corrected chi connectivity index (χ0v) is 8.26. The van der Waals surface area contributed by atoms with Gasteiger partial charge in [0.2, 0.25) is 0 Å². The summed E-state index contributed by atoms with van der Waals surface area (Å²) in [5.41, 5.74) is 5.20. The van der Waals surface area contributed by atoms with Gasteiger partial charge in [-0.2, -0.15) is 8.78 Å². The molecular weight excluding hydrogens is 202 g/mol. The van der Waals surface area contributed by atoms with Crippen molar-refractivity contribution in [1.29, 1.82) is 5.41 Å². The highest BCUT2D eigenvalue weighted by atomic mass is 19.3. The van der Waals surface area contributed by atoms with Crippen LogP contribution in [0.25, 0.3) is 0 Å². The van der Waals surface area contributed by atoms with Crippen molar-refractivity contribution in [3.8, 4) is 5.75 Å². The summed E-state index contributed by atoms with van der Waals surface area (Å²) in [6.45, 7) is 0. The lowest BCUT2D eigenvalue weighted by molar-refractivity contribution is 0.0762. The van der Waals surface area contributed by atoms with Crippen LogP contribution in [0, 0.1) is 5.41 Å². The number of hydrogen-bond acceptors (Lipinski definition) is 2. The van der Waals surface area contributed by atoms with Gasteiger partial charge in [-0.15, -0.1) is 0 Å². The fraction of sp³-hybridized carbons (Fsp3) is 0.300. The van der Waals surface area contributed by atoms with E-state index in [2.05, 4.69) is 0 Å². The highest BCUT2D eigenvalue weighted by Crippen LogP contribution is 2.21. The van der Waals surface area contributed by atoms with E-state index < -0.39 is 18.2 Å². The van der Waals surface area contributed by atoms with E-state index >= 15 is 0 Å². The predicted molar refractivity (Wildman–Crippen MR) is 53.6 cm³/mol. The fourth-order valence-corrected chi connectivity index (χ4v) is 1.09. The molecule has 0 aliphatic carbocycles. The van der Waals surface area contributed by atoms with Crippen LogP contribution in [0.3, 0.4) is 0 Å². The monoisotopic (exact) mass is 214 g/mol. The largest absolute Gasteiger partial charge is 0.497 e. The lowest BCUT2D eigenvalue weighted by Gasteiger charge is -2.14. The summed E-state index contributed by atoms with van der Waals surface area (Å²) < 4.78 is 31.0. The summed E-state index contributed by atoms with van der Waals surface area (Å²) in [4.78, 5) is 0. The van der Waals surface area contributed by atoms with Crippen molar-refractivity contribution < 1.29 is 13.5 Å². The van der Waals surface area contributed by atoms with Gasteiger partial charge in [-0.25, -0.2) is 0 Å². The molecule has 0 amide bonds. The van der Waals surface area contributed by atoms with Crippen LogP contribution in [0.2, 0.25) is 0 Å². The first-order chi connectivity index (χ1) is 6.95. The average molecular weight is 214 g/mol. The topological polar surface area (TPSA) is 59.1 Å². The highest BCUT2D eigenvalue weighted by Gasteiger charge is 2.33. The van der Waals surface area contributed by atoms with Crippen molar-refractivity contribution in [2.75, 3.05) is 7.11 Å². The number of halogens is 2. The summed E-state index contributed by atoms with van der Waals surface area (Å²) in [6.07, 6.45) is -0.563. The molecule has 82 valence electrons. The molecule has 0 bridgehead atoms. The van der Waals surface area contributed by atoms with E-state index in [1.54, 1.807) is 12.1 Å². The molecule has 1 aromatic carbocycles. The van der Waals surface area contributed by atoms with Crippen molar-refractivity contribution >= 4 is 5.84 Å². The number of rotatable bonds is 4. The minimum absolute atomic E-state index is 0.413. The Morgan fingerprint density at radius 2 is 1.93 bits per heavy atom. The van der Waals surface area contributed by atoms with Crippen LogP contribution >= 0.6 is 0 Å². The van der Waals surface area contributed by atoms with E-state index in [1.165, 1.54) is 19.2 Å². The SMILES string of the molecule is COc1ccc(CC(F)(F)C(=N)N)cc1. The second-order valence-corrected chi connectivity index (χ2v) is 3.14. The molecule has 0 unspecified atom stereocenters. The van der Waals surface area contributed by atoms with Gasteiger partial charge in [0, 0.05) is 6.42 Å². The zero-order valence-electron chi connectivity index (χ0n) is 8.26. The molecule has 0 aliphatic rings. The Kier molecular flexibility index (Phi) is 3.24. The van der Waals surface area contributed by atoms with Gasteiger partial charge in [0.1, 0.15) is 5.75 Å². The number of nitrogens with two attached hydrogens (primary N) is 1. The molecule has 0 spiro atoms. The van der Waals surface area contributed by atoms with E-state index in [-0.39, 0.29) is 0 Å². The van der Waals surface area contributed by atoms with Crippen molar-refractivity contribution in [1.82, 2.24) is 0 Å². The second kappa shape index (κ2) is 4.25. The standard InChI is InChI=1S/C10H12F2N2O/c1-15-8-4-2-7(3-5-8)6-10(11,12)9(13)14/h2-5H,6H2,1H3,(H3,13,14). The van der Waals surface area contributed by atoms with Gasteiger partial charge in [0.05, 0.1) is 7.11 Å². The van der Waals surface area contributed by atoms with Crippen molar-refractivity contribution in [3.05, 3.63) is 29.8 Å². The first kappa shape index (κ1) is 11.4. The predicted octanol–water partition coefficient (Wildman–Crippen LogP) is 1.81. The Balaban J connectivity index is 2.77. The minimum Gasteiger partial charge on any atom is -0.497 e. The molecule has 3 nitrogen and oxygen atoms in total. The van der Waals surface area contributed by atoms with Crippen LogP contribution in [0.4, 0.5) is 8.78 Å². The quantitative estimate of drug-likeness (QED) is 0.593. The molecule has 0 fully saturated rings. The van der Waals surface area contributed by atoms with Gasteiger partial charge < -0.3 is 10.5 Å². The Labute approximate surface area is 86.4 Å². The van der Waals surface area contributed by atoms with Gasteiger partial charge in [-0.1, -0.05) is 12.1 Å². The normalized spacial score (nSPS) is 11.1. The van der Waals surface area contributed by atoms with Crippen LogP contribution in [0.5, 0.6) is 5.75 Å². The number of benzene rings is 1. The zero-order chi connectivity index (χ0) is 11.5. The van der Waals surface area contributed by atoms with Crippen molar-refractivity contribution in [2.24, 2.45) is 5.73 Å². The molecule has 0 heterocycles. The van der Waals surface area contributed by atoms with Crippen LogP contribution in [0.1, 0.15) is 5.56 Å². The molecule has 5 heteroatoms. The lowest BCUT2D eigenvalue weighted by Crippen LogP contribution is -2.36. The van der Waals surface area contributed by atoms with Gasteiger partial charge in [0.15, 0.2) is 5.84 Å². The van der Waals surface area contributed by atoms with Crippen LogP contribution in [-0.4, -0.2) is 18.9 Å². The molecule has 15 heavy (non-hydrogen) atoms. The maximum Gasteiger partial charge on any atom is 0.307 e. The number of amidine groups is 1. The van der Waals surface area contributed by atoms with Gasteiger partial charge in [-0.05, 0) is 17.7 Å². The molecule has 0 aliphatic heterocycles. The molecule has 0 radical (unpaired) electrons. The number of methoxy groups -OCH3 is 1. The van der Waals surface area contributed by atoms with E-state index in [4.69, 9.17) is 15.9 Å². The number of alkyl halides is 2. The molecule has 0 saturated carbocycles. The van der Waals surface area contributed by atoms with Gasteiger partial charge in [-0.3, -0.25) is 5.41 Å². The summed E-state index contributed by atoms with van der Waals surface area (Å²) in [5, 5.41) is 6.73. The van der Waals surface area contributed by atoms with Gasteiger partial charge >= 0.3 is 5.92 Å². The highest BCUT2D eigenvalue weighted by molar-refractivity contribution is 5.84. The minimum atomic E-state index is -3.28. The first-order valence-electron chi connectivity index (χ1n) is 4.31. The van der Waals surface area contributed by atoms with Crippen LogP contribution in [0.15, 0.2) is 24.3 Å². The third-order valence-corrected chi connectivity index (χ3v) is 1.98. The third-order valence-electron chi connectivity index (χ3n) is 1.98. The molecule has 1 rings (SSSR count). The van der Waals surface area contributed by atoms with E-state index in [0.717, 1.165) is 0 Å². The number of hydrogen-bond donors (Lipinski definition) is 2. The Hall–Kier alpha value is -1.65. The fourth-order valence-electron chi connectivity index (χ4n) is 1.09. The molecule has 0 saturated heterocycles. The molecular formula is C10H12F2N2O. The van der Waals surface area contributed by atoms with Crippen LogP contribution in [-0.2, 0) is 6.42 Å². The maximum atomic E-state index is 13.0. The Bertz CT molecular complexity index is 349. The molecule has 3 N–H and O–H groups in total. The smallest absolute Gasteiger partial charge is 0.307 e. The molecule has 0 aromatic heterocycles. The Morgan fingerprint density at radius 1 is 1.40 bits per heavy atom. The summed E-state index contributed by atoms with van der Waals surface area (Å²) in [5.74, 6) is -3.79.